The Kier molecular flexibility index (Phi) is 5.51. The standard InChI is InChI=1S/C16H21Cl2N3O2/c17-13-4-1-5-14(18)15(13)20-6-8-21(9-7-20)16(22)19-11-12-3-2-10-23-12/h1,4-5,12H,2-3,6-11H2,(H,19,22). The van der Waals surface area contributed by atoms with Crippen LogP contribution in [-0.4, -0.2) is 56.4 Å². The van der Waals surface area contributed by atoms with Crippen molar-refractivity contribution in [1.82, 2.24) is 10.2 Å². The van der Waals surface area contributed by atoms with Gasteiger partial charge in [0.05, 0.1) is 21.8 Å². The van der Waals surface area contributed by atoms with E-state index in [0.717, 1.165) is 38.2 Å². The minimum absolute atomic E-state index is 0.0228. The second-order valence-corrected chi connectivity index (χ2v) is 6.68. The molecule has 1 aromatic carbocycles. The van der Waals surface area contributed by atoms with Crippen LogP contribution in [0.5, 0.6) is 0 Å². The number of para-hydroxylation sites is 1. The third-order valence-corrected chi connectivity index (χ3v) is 4.94. The van der Waals surface area contributed by atoms with Gasteiger partial charge in [-0.2, -0.15) is 0 Å². The number of carbonyl (C=O) groups is 1. The predicted molar refractivity (Wildman–Crippen MR) is 92.6 cm³/mol. The Bertz CT molecular complexity index is 536. The van der Waals surface area contributed by atoms with Crippen molar-refractivity contribution < 1.29 is 9.53 Å². The van der Waals surface area contributed by atoms with E-state index in [1.165, 1.54) is 0 Å². The van der Waals surface area contributed by atoms with Gasteiger partial charge in [-0.3, -0.25) is 0 Å². The number of carbonyl (C=O) groups excluding carboxylic acids is 1. The van der Waals surface area contributed by atoms with Gasteiger partial charge in [-0.05, 0) is 25.0 Å². The average Bonchev–Trinajstić information content (AvgIpc) is 3.06. The van der Waals surface area contributed by atoms with Crippen molar-refractivity contribution >= 4 is 34.9 Å². The number of benzene rings is 1. The summed E-state index contributed by atoms with van der Waals surface area (Å²) in [6, 6.07) is 5.49. The highest BCUT2D eigenvalue weighted by Crippen LogP contribution is 2.33. The first-order valence-electron chi connectivity index (χ1n) is 7.98. The van der Waals surface area contributed by atoms with Gasteiger partial charge in [0.15, 0.2) is 0 Å². The normalized spacial score (nSPS) is 21.6. The van der Waals surface area contributed by atoms with Gasteiger partial charge in [0.1, 0.15) is 0 Å². The Morgan fingerprint density at radius 1 is 1.22 bits per heavy atom. The van der Waals surface area contributed by atoms with Crippen LogP contribution in [-0.2, 0) is 4.74 Å². The molecule has 2 aliphatic rings. The Labute approximate surface area is 146 Å². The van der Waals surface area contributed by atoms with Gasteiger partial charge in [-0.1, -0.05) is 29.3 Å². The summed E-state index contributed by atoms with van der Waals surface area (Å²) in [6.45, 7) is 4.14. The largest absolute Gasteiger partial charge is 0.376 e. The van der Waals surface area contributed by atoms with Crippen LogP contribution in [0.4, 0.5) is 10.5 Å². The molecule has 0 aromatic heterocycles. The molecule has 1 atom stereocenters. The van der Waals surface area contributed by atoms with E-state index in [9.17, 15) is 4.79 Å². The van der Waals surface area contributed by atoms with Crippen LogP contribution in [0, 0.1) is 0 Å². The number of nitrogens with one attached hydrogen (secondary N) is 1. The molecule has 1 unspecified atom stereocenters. The van der Waals surface area contributed by atoms with Gasteiger partial charge in [-0.25, -0.2) is 4.79 Å². The molecule has 5 nitrogen and oxygen atoms in total. The fourth-order valence-corrected chi connectivity index (χ4v) is 3.68. The Hall–Kier alpha value is -1.17. The number of ether oxygens (including phenoxy) is 1. The summed E-state index contributed by atoms with van der Waals surface area (Å²) in [4.78, 5) is 16.2. The fourth-order valence-electron chi connectivity index (χ4n) is 3.04. The lowest BCUT2D eigenvalue weighted by Gasteiger charge is -2.36. The molecule has 1 aromatic rings. The molecule has 0 radical (unpaired) electrons. The fraction of sp³-hybridized carbons (Fsp3) is 0.562. The second kappa shape index (κ2) is 7.60. The van der Waals surface area contributed by atoms with Gasteiger partial charge in [0.2, 0.25) is 0 Å². The lowest BCUT2D eigenvalue weighted by Crippen LogP contribution is -2.52. The molecule has 1 N–H and O–H groups in total. The van der Waals surface area contributed by atoms with Gasteiger partial charge in [0, 0.05) is 39.3 Å². The molecule has 0 bridgehead atoms. The zero-order valence-electron chi connectivity index (χ0n) is 12.9. The van der Waals surface area contributed by atoms with Crippen molar-refractivity contribution in [2.75, 3.05) is 44.2 Å². The number of anilines is 1. The van der Waals surface area contributed by atoms with Crippen LogP contribution in [0.25, 0.3) is 0 Å². The average molecular weight is 358 g/mol. The molecule has 3 rings (SSSR count). The summed E-state index contributed by atoms with van der Waals surface area (Å²) in [7, 11) is 0. The SMILES string of the molecule is O=C(NCC1CCCO1)N1CCN(c2c(Cl)cccc2Cl)CC1. The van der Waals surface area contributed by atoms with Crippen molar-refractivity contribution in [3.05, 3.63) is 28.2 Å². The maximum absolute atomic E-state index is 12.2. The Balaban J connectivity index is 1.50. The number of hydrogen-bond acceptors (Lipinski definition) is 3. The minimum atomic E-state index is -0.0228. The maximum atomic E-state index is 12.2. The minimum Gasteiger partial charge on any atom is -0.376 e. The topological polar surface area (TPSA) is 44.8 Å². The van der Waals surface area contributed by atoms with E-state index in [0.29, 0.717) is 29.7 Å². The molecule has 0 spiro atoms. The van der Waals surface area contributed by atoms with Crippen LogP contribution in [0.15, 0.2) is 18.2 Å². The van der Waals surface area contributed by atoms with Crippen molar-refractivity contribution in [2.45, 2.75) is 18.9 Å². The molecule has 0 aliphatic carbocycles. The van der Waals surface area contributed by atoms with E-state index < -0.39 is 0 Å². The van der Waals surface area contributed by atoms with Gasteiger partial charge >= 0.3 is 6.03 Å². The van der Waals surface area contributed by atoms with Crippen molar-refractivity contribution in [2.24, 2.45) is 0 Å². The first-order chi connectivity index (χ1) is 11.1. The molecule has 126 valence electrons. The van der Waals surface area contributed by atoms with Crippen LogP contribution in [0.2, 0.25) is 10.0 Å². The van der Waals surface area contributed by atoms with Gasteiger partial charge < -0.3 is 19.9 Å². The zero-order chi connectivity index (χ0) is 16.2. The molecule has 0 saturated carbocycles. The number of hydrogen-bond donors (Lipinski definition) is 1. The maximum Gasteiger partial charge on any atom is 0.317 e. The molecule has 2 heterocycles. The highest BCUT2D eigenvalue weighted by molar-refractivity contribution is 6.39. The smallest absolute Gasteiger partial charge is 0.317 e. The van der Waals surface area contributed by atoms with Crippen molar-refractivity contribution in [3.63, 3.8) is 0 Å². The van der Waals surface area contributed by atoms with E-state index in [4.69, 9.17) is 27.9 Å². The van der Waals surface area contributed by atoms with Gasteiger partial charge in [0.25, 0.3) is 0 Å². The van der Waals surface area contributed by atoms with Crippen LogP contribution in [0.3, 0.4) is 0 Å². The number of halogens is 2. The third kappa shape index (κ3) is 4.03. The molecule has 2 aliphatic heterocycles. The summed E-state index contributed by atoms with van der Waals surface area (Å²) >= 11 is 12.5. The number of urea groups is 1. The summed E-state index contributed by atoms with van der Waals surface area (Å²) in [5.74, 6) is 0. The van der Waals surface area contributed by atoms with Crippen molar-refractivity contribution in [3.8, 4) is 0 Å². The quantitative estimate of drug-likeness (QED) is 0.904. The summed E-state index contributed by atoms with van der Waals surface area (Å²) in [5.41, 5.74) is 0.857. The number of nitrogens with zero attached hydrogens (tertiary/aromatic N) is 2. The lowest BCUT2D eigenvalue weighted by atomic mass is 10.2. The molecular formula is C16H21Cl2N3O2. The monoisotopic (exact) mass is 357 g/mol. The highest BCUT2D eigenvalue weighted by Gasteiger charge is 2.24. The highest BCUT2D eigenvalue weighted by atomic mass is 35.5. The van der Waals surface area contributed by atoms with Crippen molar-refractivity contribution in [1.29, 1.82) is 0 Å². The van der Waals surface area contributed by atoms with Crippen LogP contribution >= 0.6 is 23.2 Å². The van der Waals surface area contributed by atoms with E-state index in [1.54, 1.807) is 0 Å². The van der Waals surface area contributed by atoms with E-state index in [2.05, 4.69) is 10.2 Å². The first kappa shape index (κ1) is 16.7. The van der Waals surface area contributed by atoms with Crippen LogP contribution < -0.4 is 10.2 Å². The molecular weight excluding hydrogens is 337 g/mol. The van der Waals surface area contributed by atoms with Gasteiger partial charge in [-0.15, -0.1) is 0 Å². The third-order valence-electron chi connectivity index (χ3n) is 4.33. The Morgan fingerprint density at radius 3 is 2.52 bits per heavy atom. The first-order valence-corrected chi connectivity index (χ1v) is 8.74. The summed E-state index contributed by atoms with van der Waals surface area (Å²) < 4.78 is 5.52. The molecule has 2 saturated heterocycles. The molecule has 23 heavy (non-hydrogen) atoms. The van der Waals surface area contributed by atoms with E-state index in [1.807, 2.05) is 23.1 Å². The van der Waals surface area contributed by atoms with E-state index in [-0.39, 0.29) is 12.1 Å². The predicted octanol–water partition coefficient (Wildman–Crippen LogP) is 3.00. The molecule has 7 heteroatoms. The summed E-state index contributed by atoms with van der Waals surface area (Å²) in [5, 5.41) is 4.26. The van der Waals surface area contributed by atoms with Crippen LogP contribution in [0.1, 0.15) is 12.8 Å². The number of piperazine rings is 1. The lowest BCUT2D eigenvalue weighted by molar-refractivity contribution is 0.108. The second-order valence-electron chi connectivity index (χ2n) is 5.87. The zero-order valence-corrected chi connectivity index (χ0v) is 14.4. The molecule has 2 amide bonds. The Morgan fingerprint density at radius 2 is 1.91 bits per heavy atom. The molecule has 2 fully saturated rings. The summed E-state index contributed by atoms with van der Waals surface area (Å²) in [6.07, 6.45) is 2.28. The van der Waals surface area contributed by atoms with E-state index >= 15 is 0 Å². The number of amides is 2. The number of rotatable bonds is 3.